The van der Waals surface area contributed by atoms with Crippen LogP contribution in [0, 0.1) is 20.8 Å². The lowest BCUT2D eigenvalue weighted by molar-refractivity contribution is -0.128. The molecule has 0 unspecified atom stereocenters. The molecule has 3 rings (SSSR count). The van der Waals surface area contributed by atoms with Gasteiger partial charge in [-0.05, 0) is 44.4 Å². The Morgan fingerprint density at radius 1 is 1.14 bits per heavy atom. The quantitative estimate of drug-likeness (QED) is 0.668. The molecule has 3 aromatic rings. The van der Waals surface area contributed by atoms with Crippen LogP contribution in [-0.4, -0.2) is 22.2 Å². The molecule has 0 spiro atoms. The highest BCUT2D eigenvalue weighted by atomic mass is 16.5. The van der Waals surface area contributed by atoms with Crippen LogP contribution in [0.25, 0.3) is 11.4 Å². The van der Waals surface area contributed by atoms with Crippen LogP contribution < -0.4 is 10.1 Å². The number of aryl methyl sites for hydroxylation is 2. The highest BCUT2D eigenvalue weighted by Gasteiger charge is 2.20. The third kappa shape index (κ3) is 4.57. The number of nitrogens with zero attached hydrogens (tertiary/aromatic N) is 2. The molecule has 28 heavy (non-hydrogen) atoms. The Morgan fingerprint density at radius 3 is 2.61 bits per heavy atom. The topological polar surface area (TPSA) is 77.2 Å². The van der Waals surface area contributed by atoms with Gasteiger partial charge in [-0.25, -0.2) is 0 Å². The van der Waals surface area contributed by atoms with Crippen molar-refractivity contribution in [1.29, 1.82) is 0 Å². The van der Waals surface area contributed by atoms with Crippen molar-refractivity contribution in [3.8, 4) is 17.1 Å². The van der Waals surface area contributed by atoms with Crippen LogP contribution in [0.1, 0.15) is 35.9 Å². The Morgan fingerprint density at radius 2 is 1.89 bits per heavy atom. The highest BCUT2D eigenvalue weighted by Crippen LogP contribution is 2.22. The summed E-state index contributed by atoms with van der Waals surface area (Å²) in [6.45, 7) is 8.10. The van der Waals surface area contributed by atoms with E-state index in [4.69, 9.17) is 9.26 Å². The Balaban J connectivity index is 1.61. The number of benzene rings is 2. The van der Waals surface area contributed by atoms with Gasteiger partial charge in [-0.15, -0.1) is 0 Å². The first-order valence-corrected chi connectivity index (χ1v) is 9.38. The fourth-order valence-electron chi connectivity index (χ4n) is 2.75. The van der Waals surface area contributed by atoms with E-state index < -0.39 is 6.10 Å². The monoisotopic (exact) mass is 379 g/mol. The van der Waals surface area contributed by atoms with E-state index in [9.17, 15) is 4.79 Å². The first kappa shape index (κ1) is 19.6. The summed E-state index contributed by atoms with van der Waals surface area (Å²) in [4.78, 5) is 16.9. The molecule has 6 heteroatoms. The first-order valence-electron chi connectivity index (χ1n) is 9.38. The summed E-state index contributed by atoms with van der Waals surface area (Å²) in [7, 11) is 0. The largest absolute Gasteiger partial charge is 0.480 e. The molecule has 0 saturated heterocycles. The smallest absolute Gasteiger partial charge is 0.261 e. The molecule has 1 amide bonds. The van der Waals surface area contributed by atoms with E-state index >= 15 is 0 Å². The van der Waals surface area contributed by atoms with Crippen molar-refractivity contribution in [2.45, 2.75) is 46.8 Å². The second-order valence-electron chi connectivity index (χ2n) is 6.81. The molecule has 0 saturated carbocycles. The number of aromatic nitrogens is 2. The van der Waals surface area contributed by atoms with E-state index in [1.54, 1.807) is 0 Å². The maximum Gasteiger partial charge on any atom is 0.261 e. The lowest BCUT2D eigenvalue weighted by Crippen LogP contribution is -2.37. The molecule has 1 aromatic heterocycles. The predicted octanol–water partition coefficient (Wildman–Crippen LogP) is 4.14. The zero-order valence-electron chi connectivity index (χ0n) is 16.7. The van der Waals surface area contributed by atoms with Crippen molar-refractivity contribution in [3.63, 3.8) is 0 Å². The summed E-state index contributed by atoms with van der Waals surface area (Å²) in [6.07, 6.45) is -0.0301. The summed E-state index contributed by atoms with van der Waals surface area (Å²) in [5.41, 5.74) is 4.20. The number of nitrogens with one attached hydrogen (secondary N) is 1. The summed E-state index contributed by atoms with van der Waals surface area (Å²) in [6, 6.07) is 13.7. The fourth-order valence-corrected chi connectivity index (χ4v) is 2.75. The lowest BCUT2D eigenvalue weighted by atomic mass is 10.1. The van der Waals surface area contributed by atoms with Crippen LogP contribution in [0.2, 0.25) is 0 Å². The van der Waals surface area contributed by atoms with Gasteiger partial charge in [0.2, 0.25) is 11.7 Å². The summed E-state index contributed by atoms with van der Waals surface area (Å²) in [5, 5.41) is 6.80. The summed E-state index contributed by atoms with van der Waals surface area (Å²) >= 11 is 0. The number of carbonyl (C=O) groups is 1. The number of rotatable bonds is 7. The predicted molar refractivity (Wildman–Crippen MR) is 107 cm³/mol. The molecule has 0 bridgehead atoms. The molecule has 1 atom stereocenters. The molecular formula is C22H25N3O3. The molecule has 0 aliphatic heterocycles. The van der Waals surface area contributed by atoms with Crippen molar-refractivity contribution in [3.05, 3.63) is 65.0 Å². The van der Waals surface area contributed by atoms with Gasteiger partial charge in [-0.3, -0.25) is 4.79 Å². The minimum Gasteiger partial charge on any atom is -0.480 e. The van der Waals surface area contributed by atoms with Crippen molar-refractivity contribution in [2.75, 3.05) is 0 Å². The Kier molecular flexibility index (Phi) is 6.09. The Hall–Kier alpha value is -3.15. The zero-order valence-corrected chi connectivity index (χ0v) is 16.7. The average Bonchev–Trinajstić information content (AvgIpc) is 3.17. The molecule has 1 heterocycles. The van der Waals surface area contributed by atoms with Crippen molar-refractivity contribution in [1.82, 2.24) is 15.5 Å². The van der Waals surface area contributed by atoms with Crippen LogP contribution in [0.5, 0.6) is 5.75 Å². The number of ether oxygens (including phenoxy) is 1. The molecule has 146 valence electrons. The van der Waals surface area contributed by atoms with E-state index in [0.717, 1.165) is 28.0 Å². The standard InChI is InChI=1S/C22H25N3O3/c1-5-18(27-19-8-6-7-15(3)16(19)4)22(26)23-13-20-24-21(25-28-20)17-11-9-14(2)10-12-17/h6-12,18H,5,13H2,1-4H3,(H,23,26)/t18-/m1/s1. The average molecular weight is 379 g/mol. The minimum atomic E-state index is -0.583. The molecule has 0 fully saturated rings. The molecule has 0 aliphatic rings. The third-order valence-corrected chi connectivity index (χ3v) is 4.68. The summed E-state index contributed by atoms with van der Waals surface area (Å²) in [5.74, 6) is 1.37. The van der Waals surface area contributed by atoms with Crippen LogP contribution >= 0.6 is 0 Å². The molecule has 1 N–H and O–H groups in total. The SMILES string of the molecule is CC[C@@H](Oc1cccc(C)c1C)C(=O)NCc1nc(-c2ccc(C)cc2)no1. The third-order valence-electron chi connectivity index (χ3n) is 4.68. The van der Waals surface area contributed by atoms with Gasteiger partial charge in [0.25, 0.3) is 5.91 Å². The minimum absolute atomic E-state index is 0.157. The van der Waals surface area contributed by atoms with Crippen LogP contribution in [0.3, 0.4) is 0 Å². The zero-order chi connectivity index (χ0) is 20.1. The number of hydrogen-bond acceptors (Lipinski definition) is 5. The second-order valence-corrected chi connectivity index (χ2v) is 6.81. The Bertz CT molecular complexity index is 948. The van der Waals surface area contributed by atoms with E-state index in [1.165, 1.54) is 0 Å². The fraction of sp³-hybridized carbons (Fsp3) is 0.318. The number of carbonyl (C=O) groups excluding carboxylic acids is 1. The van der Waals surface area contributed by atoms with Gasteiger partial charge >= 0.3 is 0 Å². The van der Waals surface area contributed by atoms with Gasteiger partial charge in [-0.2, -0.15) is 4.98 Å². The van der Waals surface area contributed by atoms with E-state index in [2.05, 4.69) is 15.5 Å². The van der Waals surface area contributed by atoms with E-state index in [1.807, 2.05) is 70.2 Å². The van der Waals surface area contributed by atoms with Crippen LogP contribution in [0.15, 0.2) is 47.0 Å². The second kappa shape index (κ2) is 8.69. The molecule has 0 aliphatic carbocycles. The van der Waals surface area contributed by atoms with Gasteiger partial charge in [0.05, 0.1) is 6.54 Å². The normalized spacial score (nSPS) is 11.9. The highest BCUT2D eigenvalue weighted by molar-refractivity contribution is 5.81. The maximum atomic E-state index is 12.5. The molecule has 6 nitrogen and oxygen atoms in total. The van der Waals surface area contributed by atoms with Crippen LogP contribution in [-0.2, 0) is 11.3 Å². The first-order chi connectivity index (χ1) is 13.5. The molecule has 0 radical (unpaired) electrons. The van der Waals surface area contributed by atoms with Gasteiger partial charge in [0, 0.05) is 5.56 Å². The lowest BCUT2D eigenvalue weighted by Gasteiger charge is -2.18. The van der Waals surface area contributed by atoms with Gasteiger partial charge < -0.3 is 14.6 Å². The molecular weight excluding hydrogens is 354 g/mol. The maximum absolute atomic E-state index is 12.5. The van der Waals surface area contributed by atoms with Gasteiger partial charge in [0.15, 0.2) is 6.10 Å². The van der Waals surface area contributed by atoms with E-state index in [-0.39, 0.29) is 12.5 Å². The molecule has 2 aromatic carbocycles. The van der Waals surface area contributed by atoms with Crippen molar-refractivity contribution in [2.24, 2.45) is 0 Å². The number of amides is 1. The summed E-state index contributed by atoms with van der Waals surface area (Å²) < 4.78 is 11.2. The number of hydrogen-bond donors (Lipinski definition) is 1. The van der Waals surface area contributed by atoms with Gasteiger partial charge in [-0.1, -0.05) is 54.0 Å². The van der Waals surface area contributed by atoms with Crippen molar-refractivity contribution >= 4 is 5.91 Å². The Labute approximate surface area is 164 Å². The van der Waals surface area contributed by atoms with E-state index in [0.29, 0.717) is 18.1 Å². The van der Waals surface area contributed by atoms with Crippen LogP contribution in [0.4, 0.5) is 0 Å². The van der Waals surface area contributed by atoms with Gasteiger partial charge in [0.1, 0.15) is 5.75 Å². The van der Waals surface area contributed by atoms with Crippen molar-refractivity contribution < 1.29 is 14.1 Å².